The van der Waals surface area contributed by atoms with Crippen molar-refractivity contribution in [2.24, 2.45) is 11.8 Å². The first-order chi connectivity index (χ1) is 15.6. The third kappa shape index (κ3) is 5.14. The SMILES string of the molecule is C/C=C/CCc1ccc(-c2ccc(C3CCC4CC(OCC)CCC4C3)cc2)c(F)c1F. The van der Waals surface area contributed by atoms with E-state index in [-0.39, 0.29) is 0 Å². The van der Waals surface area contributed by atoms with E-state index in [9.17, 15) is 8.78 Å². The fraction of sp³-hybridized carbons (Fsp3) is 0.517. The summed E-state index contributed by atoms with van der Waals surface area (Å²) in [5.41, 5.74) is 2.87. The Labute approximate surface area is 191 Å². The van der Waals surface area contributed by atoms with Crippen molar-refractivity contribution in [2.75, 3.05) is 6.61 Å². The zero-order valence-electron chi connectivity index (χ0n) is 19.5. The van der Waals surface area contributed by atoms with Gasteiger partial charge in [0.15, 0.2) is 11.6 Å². The second-order valence-corrected chi connectivity index (χ2v) is 9.55. The fourth-order valence-corrected chi connectivity index (χ4v) is 5.88. The number of fused-ring (bicyclic) bond motifs is 1. The van der Waals surface area contributed by atoms with Crippen LogP contribution in [0.25, 0.3) is 11.1 Å². The highest BCUT2D eigenvalue weighted by atomic mass is 19.2. The van der Waals surface area contributed by atoms with Crippen LogP contribution in [0, 0.1) is 23.5 Å². The van der Waals surface area contributed by atoms with Crippen LogP contribution in [0.2, 0.25) is 0 Å². The highest BCUT2D eigenvalue weighted by Crippen LogP contribution is 2.46. The minimum Gasteiger partial charge on any atom is -0.378 e. The maximum absolute atomic E-state index is 14.8. The molecule has 0 radical (unpaired) electrons. The van der Waals surface area contributed by atoms with E-state index in [4.69, 9.17) is 4.74 Å². The van der Waals surface area contributed by atoms with Crippen LogP contribution in [0.4, 0.5) is 8.78 Å². The predicted octanol–water partition coefficient (Wildman–Crippen LogP) is 8.23. The van der Waals surface area contributed by atoms with E-state index in [2.05, 4.69) is 19.1 Å². The number of allylic oxidation sites excluding steroid dienone is 2. The van der Waals surface area contributed by atoms with Crippen LogP contribution in [0.1, 0.15) is 75.8 Å². The molecule has 0 bridgehead atoms. The van der Waals surface area contributed by atoms with E-state index in [1.165, 1.54) is 44.1 Å². The molecular weight excluding hydrogens is 402 g/mol. The molecule has 0 aliphatic heterocycles. The van der Waals surface area contributed by atoms with Gasteiger partial charge in [-0.3, -0.25) is 0 Å². The lowest BCUT2D eigenvalue weighted by atomic mass is 9.65. The molecule has 172 valence electrons. The summed E-state index contributed by atoms with van der Waals surface area (Å²) in [4.78, 5) is 0. The quantitative estimate of drug-likeness (QED) is 0.396. The molecule has 2 saturated carbocycles. The number of hydrogen-bond acceptors (Lipinski definition) is 1. The van der Waals surface area contributed by atoms with Gasteiger partial charge in [-0.2, -0.15) is 0 Å². The normalized spacial score (nSPS) is 25.8. The molecule has 4 atom stereocenters. The first-order valence-corrected chi connectivity index (χ1v) is 12.4. The van der Waals surface area contributed by atoms with E-state index >= 15 is 0 Å². The summed E-state index contributed by atoms with van der Waals surface area (Å²) < 4.78 is 35.2. The van der Waals surface area contributed by atoms with Gasteiger partial charge in [0.2, 0.25) is 0 Å². The topological polar surface area (TPSA) is 9.23 Å². The third-order valence-corrected chi connectivity index (χ3v) is 7.64. The summed E-state index contributed by atoms with van der Waals surface area (Å²) >= 11 is 0. The van der Waals surface area contributed by atoms with Crippen LogP contribution in [0.5, 0.6) is 0 Å². The zero-order valence-corrected chi connectivity index (χ0v) is 19.5. The van der Waals surface area contributed by atoms with E-state index in [1.54, 1.807) is 12.1 Å². The Morgan fingerprint density at radius 3 is 2.41 bits per heavy atom. The summed E-state index contributed by atoms with van der Waals surface area (Å²) in [6.45, 7) is 4.84. The van der Waals surface area contributed by atoms with Gasteiger partial charge in [-0.15, -0.1) is 0 Å². The molecule has 0 N–H and O–H groups in total. The van der Waals surface area contributed by atoms with Gasteiger partial charge in [0, 0.05) is 12.2 Å². The van der Waals surface area contributed by atoms with Gasteiger partial charge in [-0.1, -0.05) is 48.6 Å². The minimum atomic E-state index is -0.734. The number of aryl methyl sites for hydroxylation is 1. The summed E-state index contributed by atoms with van der Waals surface area (Å²) in [5.74, 6) is 0.731. The molecule has 3 heteroatoms. The molecule has 2 aromatic rings. The molecule has 2 aliphatic carbocycles. The van der Waals surface area contributed by atoms with Crippen molar-refractivity contribution in [3.8, 4) is 11.1 Å². The first kappa shape index (κ1) is 23.2. The molecule has 1 nitrogen and oxygen atoms in total. The van der Waals surface area contributed by atoms with Gasteiger partial charge in [-0.05, 0) is 99.7 Å². The van der Waals surface area contributed by atoms with E-state index in [1.807, 2.05) is 31.2 Å². The van der Waals surface area contributed by atoms with Crippen molar-refractivity contribution >= 4 is 0 Å². The Morgan fingerprint density at radius 1 is 0.906 bits per heavy atom. The van der Waals surface area contributed by atoms with Gasteiger partial charge in [-0.25, -0.2) is 8.78 Å². The molecule has 0 spiro atoms. The van der Waals surface area contributed by atoms with Gasteiger partial charge in [0.25, 0.3) is 0 Å². The van der Waals surface area contributed by atoms with Gasteiger partial charge < -0.3 is 4.74 Å². The smallest absolute Gasteiger partial charge is 0.166 e. The number of hydrogen-bond donors (Lipinski definition) is 0. The minimum absolute atomic E-state index is 0.349. The largest absolute Gasteiger partial charge is 0.378 e. The number of ether oxygens (including phenoxy) is 1. The van der Waals surface area contributed by atoms with Gasteiger partial charge in [0.1, 0.15) is 0 Å². The molecule has 32 heavy (non-hydrogen) atoms. The molecule has 0 saturated heterocycles. The molecule has 4 rings (SSSR count). The monoisotopic (exact) mass is 438 g/mol. The van der Waals surface area contributed by atoms with Crippen molar-refractivity contribution in [2.45, 2.75) is 77.2 Å². The van der Waals surface area contributed by atoms with Crippen LogP contribution < -0.4 is 0 Å². The van der Waals surface area contributed by atoms with Crippen LogP contribution in [-0.4, -0.2) is 12.7 Å². The molecule has 0 aromatic heterocycles. The van der Waals surface area contributed by atoms with Crippen LogP contribution >= 0.6 is 0 Å². The summed E-state index contributed by atoms with van der Waals surface area (Å²) in [5, 5.41) is 0. The number of rotatable bonds is 7. The Balaban J connectivity index is 1.42. The Bertz CT molecular complexity index is 917. The van der Waals surface area contributed by atoms with E-state index < -0.39 is 11.6 Å². The summed E-state index contributed by atoms with van der Waals surface area (Å²) in [6.07, 6.45) is 13.0. The Morgan fingerprint density at radius 2 is 1.66 bits per heavy atom. The van der Waals surface area contributed by atoms with E-state index in [0.29, 0.717) is 29.6 Å². The first-order valence-electron chi connectivity index (χ1n) is 12.4. The lowest BCUT2D eigenvalue weighted by Gasteiger charge is -2.42. The van der Waals surface area contributed by atoms with Crippen LogP contribution in [0.3, 0.4) is 0 Å². The molecule has 0 amide bonds. The number of benzene rings is 2. The maximum atomic E-state index is 14.8. The van der Waals surface area contributed by atoms with Crippen molar-refractivity contribution < 1.29 is 13.5 Å². The lowest BCUT2D eigenvalue weighted by Crippen LogP contribution is -2.33. The second kappa shape index (κ2) is 10.7. The second-order valence-electron chi connectivity index (χ2n) is 9.55. The molecular formula is C29H36F2O. The standard InChI is InChI=1S/C29H36F2O/c1-3-5-6-7-22-15-17-27(29(31)28(22)30)21-10-8-20(9-11-21)23-12-13-25-19-26(32-4-2)16-14-24(25)18-23/h3,5,8-11,15,17,23-26H,4,6-7,12-14,16,18-19H2,1-2H3/b5-3+. The van der Waals surface area contributed by atoms with Crippen LogP contribution in [0.15, 0.2) is 48.6 Å². The highest BCUT2D eigenvalue weighted by molar-refractivity contribution is 5.65. The predicted molar refractivity (Wildman–Crippen MR) is 128 cm³/mol. The Kier molecular flexibility index (Phi) is 7.78. The van der Waals surface area contributed by atoms with Crippen molar-refractivity contribution in [1.82, 2.24) is 0 Å². The number of halogens is 2. The summed E-state index contributed by atoms with van der Waals surface area (Å²) in [7, 11) is 0. The van der Waals surface area contributed by atoms with Crippen molar-refractivity contribution in [3.05, 3.63) is 71.3 Å². The average Bonchev–Trinajstić information content (AvgIpc) is 2.82. The molecule has 2 aromatic carbocycles. The fourth-order valence-electron chi connectivity index (χ4n) is 5.88. The Hall–Kier alpha value is -2.00. The van der Waals surface area contributed by atoms with E-state index in [0.717, 1.165) is 30.4 Å². The maximum Gasteiger partial charge on any atom is 0.166 e. The zero-order chi connectivity index (χ0) is 22.5. The van der Waals surface area contributed by atoms with Gasteiger partial charge >= 0.3 is 0 Å². The molecule has 2 aliphatic rings. The third-order valence-electron chi connectivity index (χ3n) is 7.64. The highest BCUT2D eigenvalue weighted by Gasteiger charge is 2.36. The molecule has 4 unspecified atom stereocenters. The molecule has 0 heterocycles. The van der Waals surface area contributed by atoms with Crippen LogP contribution in [-0.2, 0) is 11.2 Å². The lowest BCUT2D eigenvalue weighted by molar-refractivity contribution is -0.00955. The van der Waals surface area contributed by atoms with Crippen molar-refractivity contribution in [3.63, 3.8) is 0 Å². The summed E-state index contributed by atoms with van der Waals surface area (Å²) in [6, 6.07) is 11.6. The molecule has 2 fully saturated rings. The average molecular weight is 439 g/mol. The van der Waals surface area contributed by atoms with Gasteiger partial charge in [0.05, 0.1) is 6.10 Å². The van der Waals surface area contributed by atoms with Crippen molar-refractivity contribution in [1.29, 1.82) is 0 Å².